The van der Waals surface area contributed by atoms with E-state index in [4.69, 9.17) is 9.47 Å². The van der Waals surface area contributed by atoms with E-state index in [0.717, 1.165) is 11.8 Å². The Labute approximate surface area is 109 Å². The van der Waals surface area contributed by atoms with Crippen LogP contribution >= 0.6 is 15.9 Å². The molecular formula is C12H16BrNO3. The number of carbonyl (C=O) groups excluding carboxylic acids is 1. The van der Waals surface area contributed by atoms with E-state index in [9.17, 15) is 4.79 Å². The van der Waals surface area contributed by atoms with Crippen LogP contribution in [-0.2, 0) is 0 Å². The molecule has 0 aliphatic heterocycles. The van der Waals surface area contributed by atoms with Gasteiger partial charge in [0.1, 0.15) is 0 Å². The van der Waals surface area contributed by atoms with Crippen molar-refractivity contribution in [2.45, 2.75) is 6.42 Å². The van der Waals surface area contributed by atoms with Crippen molar-refractivity contribution in [3.05, 3.63) is 23.8 Å². The number of ether oxygens (including phenoxy) is 2. The summed E-state index contributed by atoms with van der Waals surface area (Å²) in [5.74, 6) is 1.07. The van der Waals surface area contributed by atoms with Crippen LogP contribution in [0.25, 0.3) is 0 Å². The SMILES string of the molecule is COc1ccc(C(=O)NCCCBr)cc1OC. The lowest BCUT2D eigenvalue weighted by Gasteiger charge is -2.09. The van der Waals surface area contributed by atoms with E-state index in [1.165, 1.54) is 0 Å². The Hall–Kier alpha value is -1.23. The molecule has 0 unspecified atom stereocenters. The molecule has 0 atom stereocenters. The summed E-state index contributed by atoms with van der Waals surface area (Å²) in [6.07, 6.45) is 0.902. The lowest BCUT2D eigenvalue weighted by atomic mass is 10.2. The zero-order chi connectivity index (χ0) is 12.7. The maximum absolute atomic E-state index is 11.8. The summed E-state index contributed by atoms with van der Waals surface area (Å²) >= 11 is 3.31. The van der Waals surface area contributed by atoms with Crippen LogP contribution in [0.15, 0.2) is 18.2 Å². The van der Waals surface area contributed by atoms with Crippen LogP contribution < -0.4 is 14.8 Å². The normalized spacial score (nSPS) is 9.82. The number of rotatable bonds is 6. The molecule has 0 heterocycles. The van der Waals surface area contributed by atoms with Crippen molar-refractivity contribution < 1.29 is 14.3 Å². The number of hydrogen-bond acceptors (Lipinski definition) is 3. The Kier molecular flexibility index (Phi) is 5.83. The summed E-state index contributed by atoms with van der Waals surface area (Å²) in [6, 6.07) is 5.10. The van der Waals surface area contributed by atoms with E-state index >= 15 is 0 Å². The predicted octanol–water partition coefficient (Wildman–Crippen LogP) is 2.22. The minimum atomic E-state index is -0.105. The van der Waals surface area contributed by atoms with Crippen LogP contribution in [0.1, 0.15) is 16.8 Å². The molecule has 1 N–H and O–H groups in total. The average Bonchev–Trinajstić information content (AvgIpc) is 2.38. The largest absolute Gasteiger partial charge is 0.493 e. The molecule has 0 radical (unpaired) electrons. The molecule has 0 fully saturated rings. The van der Waals surface area contributed by atoms with Gasteiger partial charge in [-0.3, -0.25) is 4.79 Å². The van der Waals surface area contributed by atoms with Gasteiger partial charge in [-0.25, -0.2) is 0 Å². The topological polar surface area (TPSA) is 47.6 Å². The molecule has 0 bridgehead atoms. The van der Waals surface area contributed by atoms with Gasteiger partial charge < -0.3 is 14.8 Å². The molecule has 0 aliphatic carbocycles. The van der Waals surface area contributed by atoms with Gasteiger partial charge >= 0.3 is 0 Å². The van der Waals surface area contributed by atoms with Gasteiger partial charge in [0.25, 0.3) is 5.91 Å². The van der Waals surface area contributed by atoms with Crippen LogP contribution in [0.5, 0.6) is 11.5 Å². The Morgan fingerprint density at radius 3 is 2.59 bits per heavy atom. The van der Waals surface area contributed by atoms with E-state index in [0.29, 0.717) is 23.6 Å². The molecule has 1 aromatic rings. The zero-order valence-corrected chi connectivity index (χ0v) is 11.5. The zero-order valence-electron chi connectivity index (χ0n) is 9.96. The Balaban J connectivity index is 2.74. The van der Waals surface area contributed by atoms with Gasteiger partial charge in [-0.05, 0) is 24.6 Å². The second-order valence-corrected chi connectivity index (χ2v) is 4.16. The number of benzene rings is 1. The highest BCUT2D eigenvalue weighted by Gasteiger charge is 2.09. The number of carbonyl (C=O) groups is 1. The molecule has 0 aliphatic rings. The van der Waals surface area contributed by atoms with Crippen molar-refractivity contribution in [1.29, 1.82) is 0 Å². The first-order valence-corrected chi connectivity index (χ1v) is 6.41. The summed E-state index contributed by atoms with van der Waals surface area (Å²) in [7, 11) is 3.11. The Morgan fingerprint density at radius 1 is 1.29 bits per heavy atom. The summed E-state index contributed by atoms with van der Waals surface area (Å²) in [5, 5.41) is 3.70. The van der Waals surface area contributed by atoms with Gasteiger partial charge in [0.05, 0.1) is 14.2 Å². The highest BCUT2D eigenvalue weighted by atomic mass is 79.9. The third kappa shape index (κ3) is 3.93. The van der Waals surface area contributed by atoms with E-state index in [1.807, 2.05) is 0 Å². The smallest absolute Gasteiger partial charge is 0.251 e. The number of nitrogens with one attached hydrogen (secondary N) is 1. The van der Waals surface area contributed by atoms with Crippen LogP contribution in [-0.4, -0.2) is 32.0 Å². The monoisotopic (exact) mass is 301 g/mol. The molecule has 94 valence electrons. The summed E-state index contributed by atoms with van der Waals surface area (Å²) in [4.78, 5) is 11.8. The van der Waals surface area contributed by atoms with Crippen molar-refractivity contribution in [3.63, 3.8) is 0 Å². The molecule has 0 saturated carbocycles. The standard InChI is InChI=1S/C12H16BrNO3/c1-16-10-5-4-9(8-11(10)17-2)12(15)14-7-3-6-13/h4-5,8H,3,6-7H2,1-2H3,(H,14,15). The van der Waals surface area contributed by atoms with Crippen molar-refractivity contribution in [1.82, 2.24) is 5.32 Å². The number of hydrogen-bond donors (Lipinski definition) is 1. The first-order valence-electron chi connectivity index (χ1n) is 5.29. The van der Waals surface area contributed by atoms with Gasteiger partial charge in [-0.2, -0.15) is 0 Å². The molecule has 0 spiro atoms. The van der Waals surface area contributed by atoms with Crippen molar-refractivity contribution >= 4 is 21.8 Å². The Bertz CT molecular complexity index is 382. The van der Waals surface area contributed by atoms with Crippen molar-refractivity contribution in [2.24, 2.45) is 0 Å². The molecule has 1 amide bonds. The van der Waals surface area contributed by atoms with Gasteiger partial charge in [-0.1, -0.05) is 15.9 Å². The molecule has 1 aromatic carbocycles. The fraction of sp³-hybridized carbons (Fsp3) is 0.417. The highest BCUT2D eigenvalue weighted by Crippen LogP contribution is 2.27. The van der Waals surface area contributed by atoms with Crippen LogP contribution in [0.2, 0.25) is 0 Å². The van der Waals surface area contributed by atoms with E-state index in [2.05, 4.69) is 21.2 Å². The van der Waals surface area contributed by atoms with Gasteiger partial charge in [0.2, 0.25) is 0 Å². The van der Waals surface area contributed by atoms with Crippen molar-refractivity contribution in [3.8, 4) is 11.5 Å². The number of alkyl halides is 1. The van der Waals surface area contributed by atoms with E-state index in [1.54, 1.807) is 32.4 Å². The molecule has 4 nitrogen and oxygen atoms in total. The number of methoxy groups -OCH3 is 2. The lowest BCUT2D eigenvalue weighted by Crippen LogP contribution is -2.24. The van der Waals surface area contributed by atoms with E-state index in [-0.39, 0.29) is 5.91 Å². The summed E-state index contributed by atoms with van der Waals surface area (Å²) < 4.78 is 10.2. The molecule has 1 rings (SSSR count). The molecule has 0 aromatic heterocycles. The average molecular weight is 302 g/mol. The van der Waals surface area contributed by atoms with Crippen LogP contribution in [0.4, 0.5) is 0 Å². The summed E-state index contributed by atoms with van der Waals surface area (Å²) in [5.41, 5.74) is 0.567. The second kappa shape index (κ2) is 7.17. The fourth-order valence-electron chi connectivity index (χ4n) is 1.35. The van der Waals surface area contributed by atoms with Crippen molar-refractivity contribution in [2.75, 3.05) is 26.1 Å². The predicted molar refractivity (Wildman–Crippen MR) is 70.3 cm³/mol. The van der Waals surface area contributed by atoms with Crippen LogP contribution in [0.3, 0.4) is 0 Å². The quantitative estimate of drug-likeness (QED) is 0.647. The first kappa shape index (κ1) is 13.8. The van der Waals surface area contributed by atoms with Gasteiger partial charge in [-0.15, -0.1) is 0 Å². The third-order valence-corrected chi connectivity index (χ3v) is 2.80. The van der Waals surface area contributed by atoms with Crippen LogP contribution in [0, 0.1) is 0 Å². The number of halogens is 1. The van der Waals surface area contributed by atoms with Gasteiger partial charge in [0, 0.05) is 17.4 Å². The first-order chi connectivity index (χ1) is 8.22. The third-order valence-electron chi connectivity index (χ3n) is 2.24. The van der Waals surface area contributed by atoms with Gasteiger partial charge in [0.15, 0.2) is 11.5 Å². The molecule has 5 heteroatoms. The Morgan fingerprint density at radius 2 is 2.00 bits per heavy atom. The lowest BCUT2D eigenvalue weighted by molar-refractivity contribution is 0.0953. The maximum atomic E-state index is 11.8. The molecule has 0 saturated heterocycles. The number of amides is 1. The minimum Gasteiger partial charge on any atom is -0.493 e. The van der Waals surface area contributed by atoms with E-state index < -0.39 is 0 Å². The minimum absolute atomic E-state index is 0.105. The fourth-order valence-corrected chi connectivity index (χ4v) is 1.63. The molecular weight excluding hydrogens is 286 g/mol. The highest BCUT2D eigenvalue weighted by molar-refractivity contribution is 9.09. The summed E-state index contributed by atoms with van der Waals surface area (Å²) in [6.45, 7) is 0.651. The maximum Gasteiger partial charge on any atom is 0.251 e. The second-order valence-electron chi connectivity index (χ2n) is 3.37. The molecule has 17 heavy (non-hydrogen) atoms.